The maximum absolute atomic E-state index is 5.25. The lowest BCUT2D eigenvalue weighted by Crippen LogP contribution is -2.27. The molecule has 0 unspecified atom stereocenters. The third-order valence-electron chi connectivity index (χ3n) is 6.15. The van der Waals surface area contributed by atoms with Gasteiger partial charge >= 0.3 is 0 Å². The van der Waals surface area contributed by atoms with Crippen molar-refractivity contribution in [2.75, 3.05) is 25.4 Å². The molecule has 0 atom stereocenters. The summed E-state index contributed by atoms with van der Waals surface area (Å²) in [5.74, 6) is 2.76. The number of thioether (sulfide) groups is 1. The first-order valence-electron chi connectivity index (χ1n) is 11.4. The lowest BCUT2D eigenvalue weighted by molar-refractivity contribution is 0.289. The number of benzene rings is 1. The predicted molar refractivity (Wildman–Crippen MR) is 130 cm³/mol. The van der Waals surface area contributed by atoms with E-state index in [1.807, 2.05) is 32.2 Å². The molecule has 4 heterocycles. The van der Waals surface area contributed by atoms with Crippen molar-refractivity contribution < 1.29 is 4.52 Å². The summed E-state index contributed by atoms with van der Waals surface area (Å²) in [6.45, 7) is 5.23. The van der Waals surface area contributed by atoms with Crippen LogP contribution >= 0.6 is 11.8 Å². The number of rotatable bonds is 7. The summed E-state index contributed by atoms with van der Waals surface area (Å²) in [7, 11) is 2.03. The summed E-state index contributed by atoms with van der Waals surface area (Å²) in [6, 6.07) is 12.7. The van der Waals surface area contributed by atoms with Crippen molar-refractivity contribution in [3.05, 3.63) is 65.7 Å². The first-order chi connectivity index (χ1) is 16.2. The molecule has 170 valence electrons. The molecular weight excluding hydrogens is 432 g/mol. The van der Waals surface area contributed by atoms with E-state index in [4.69, 9.17) is 4.52 Å². The molecule has 0 radical (unpaired) electrons. The first kappa shape index (κ1) is 21.9. The summed E-state index contributed by atoms with van der Waals surface area (Å²) in [6.07, 6.45) is 6.87. The van der Waals surface area contributed by atoms with Crippen LogP contribution in [0.2, 0.25) is 0 Å². The second-order valence-corrected chi connectivity index (χ2v) is 9.51. The first-order valence-corrected chi connectivity index (χ1v) is 12.4. The van der Waals surface area contributed by atoms with Gasteiger partial charge < -0.3 is 14.0 Å². The fraction of sp³-hybridized carbons (Fsp3) is 0.360. The van der Waals surface area contributed by atoms with Crippen LogP contribution in [0.4, 0.5) is 0 Å². The molecule has 3 aromatic heterocycles. The van der Waals surface area contributed by atoms with Crippen molar-refractivity contribution in [3.8, 4) is 22.6 Å². The molecule has 0 saturated carbocycles. The van der Waals surface area contributed by atoms with Crippen LogP contribution in [0.25, 0.3) is 22.6 Å². The van der Waals surface area contributed by atoms with E-state index in [0.717, 1.165) is 78.2 Å². The Balaban J connectivity index is 1.12. The average Bonchev–Trinajstić information content (AvgIpc) is 3.37. The van der Waals surface area contributed by atoms with Gasteiger partial charge in [-0.2, -0.15) is 0 Å². The van der Waals surface area contributed by atoms with Gasteiger partial charge in [0.05, 0.1) is 0 Å². The molecule has 0 N–H and O–H groups in total. The van der Waals surface area contributed by atoms with Gasteiger partial charge in [0, 0.05) is 55.5 Å². The summed E-state index contributed by atoms with van der Waals surface area (Å²) in [5, 5.41) is 13.9. The Bertz CT molecular complexity index is 1220. The standard InChI is InChI=1S/C25H28N6OS/c1-18-16-23(29-32-18)22-5-4-19-8-13-31(14-9-21(19)17-22)12-3-15-33-25-28-27-24(30(25)2)20-6-10-26-11-7-20/h4-7,10-11,16-17H,3,8-9,12-15H2,1-2H3. The molecule has 7 nitrogen and oxygen atoms in total. The number of hydrogen-bond donors (Lipinski definition) is 0. The molecule has 1 aliphatic heterocycles. The smallest absolute Gasteiger partial charge is 0.191 e. The van der Waals surface area contributed by atoms with Gasteiger partial charge in [0.15, 0.2) is 11.0 Å². The summed E-state index contributed by atoms with van der Waals surface area (Å²) >= 11 is 1.78. The zero-order valence-corrected chi connectivity index (χ0v) is 19.9. The number of hydrogen-bond acceptors (Lipinski definition) is 7. The van der Waals surface area contributed by atoms with Crippen molar-refractivity contribution in [1.82, 2.24) is 29.8 Å². The monoisotopic (exact) mass is 460 g/mol. The molecule has 0 bridgehead atoms. The summed E-state index contributed by atoms with van der Waals surface area (Å²) in [4.78, 5) is 6.66. The normalized spacial score (nSPS) is 14.2. The van der Waals surface area contributed by atoms with E-state index in [1.54, 1.807) is 24.2 Å². The zero-order chi connectivity index (χ0) is 22.6. The molecule has 1 aliphatic rings. The highest BCUT2D eigenvalue weighted by Crippen LogP contribution is 2.26. The Labute approximate surface area is 198 Å². The Morgan fingerprint density at radius 1 is 0.970 bits per heavy atom. The van der Waals surface area contributed by atoms with E-state index in [-0.39, 0.29) is 0 Å². The van der Waals surface area contributed by atoms with Gasteiger partial charge in [-0.15, -0.1) is 10.2 Å². The fourth-order valence-corrected chi connectivity index (χ4v) is 5.14. The van der Waals surface area contributed by atoms with Crippen LogP contribution < -0.4 is 0 Å². The van der Waals surface area contributed by atoms with Crippen LogP contribution in [0, 0.1) is 6.92 Å². The molecule has 0 spiro atoms. The molecule has 5 rings (SSSR count). The van der Waals surface area contributed by atoms with Gasteiger partial charge in [0.25, 0.3) is 0 Å². The predicted octanol–water partition coefficient (Wildman–Crippen LogP) is 4.42. The van der Waals surface area contributed by atoms with Crippen LogP contribution in [0.15, 0.2) is 58.5 Å². The fourth-order valence-electron chi connectivity index (χ4n) is 4.30. The molecule has 1 aromatic carbocycles. The minimum atomic E-state index is 0.846. The quantitative estimate of drug-likeness (QED) is 0.298. The third-order valence-corrected chi connectivity index (χ3v) is 7.25. The second-order valence-electron chi connectivity index (χ2n) is 8.45. The van der Waals surface area contributed by atoms with Crippen LogP contribution in [0.5, 0.6) is 0 Å². The van der Waals surface area contributed by atoms with Crippen LogP contribution in [-0.4, -0.2) is 55.2 Å². The van der Waals surface area contributed by atoms with Crippen LogP contribution in [0.3, 0.4) is 0 Å². The molecule has 0 saturated heterocycles. The van der Waals surface area contributed by atoms with E-state index in [2.05, 4.69) is 48.0 Å². The van der Waals surface area contributed by atoms with Gasteiger partial charge in [0.2, 0.25) is 0 Å². The van der Waals surface area contributed by atoms with Crippen molar-refractivity contribution in [2.45, 2.75) is 31.3 Å². The van der Waals surface area contributed by atoms with Crippen LogP contribution in [0.1, 0.15) is 23.3 Å². The number of aryl methyl sites for hydroxylation is 1. The molecule has 4 aromatic rings. The lowest BCUT2D eigenvalue weighted by atomic mass is 9.99. The van der Waals surface area contributed by atoms with Crippen molar-refractivity contribution >= 4 is 11.8 Å². The Morgan fingerprint density at radius 3 is 2.58 bits per heavy atom. The number of nitrogens with zero attached hydrogens (tertiary/aromatic N) is 6. The topological polar surface area (TPSA) is 72.9 Å². The lowest BCUT2D eigenvalue weighted by Gasteiger charge is -2.19. The summed E-state index contributed by atoms with van der Waals surface area (Å²) in [5.41, 5.74) is 6.00. The highest BCUT2D eigenvalue weighted by atomic mass is 32.2. The van der Waals surface area contributed by atoms with Gasteiger partial charge in [-0.05, 0) is 62.1 Å². The molecule has 0 amide bonds. The molecule has 33 heavy (non-hydrogen) atoms. The zero-order valence-electron chi connectivity index (χ0n) is 19.1. The average molecular weight is 461 g/mol. The van der Waals surface area contributed by atoms with Crippen molar-refractivity contribution in [3.63, 3.8) is 0 Å². The summed E-state index contributed by atoms with van der Waals surface area (Å²) < 4.78 is 7.32. The molecular formula is C25H28N6OS. The molecule has 0 fully saturated rings. The SMILES string of the molecule is Cc1cc(-c2ccc3c(c2)CCN(CCCSc2nnc(-c4ccncc4)n2C)CC3)no1. The number of pyridine rings is 1. The highest BCUT2D eigenvalue weighted by molar-refractivity contribution is 7.99. The molecule has 8 heteroatoms. The van der Waals surface area contributed by atoms with E-state index in [1.165, 1.54) is 11.1 Å². The Kier molecular flexibility index (Phi) is 6.55. The van der Waals surface area contributed by atoms with E-state index in [9.17, 15) is 0 Å². The van der Waals surface area contributed by atoms with Gasteiger partial charge in [-0.1, -0.05) is 29.1 Å². The largest absolute Gasteiger partial charge is 0.361 e. The van der Waals surface area contributed by atoms with Gasteiger partial charge in [-0.25, -0.2) is 0 Å². The van der Waals surface area contributed by atoms with E-state index >= 15 is 0 Å². The van der Waals surface area contributed by atoms with E-state index < -0.39 is 0 Å². The number of fused-ring (bicyclic) bond motifs is 1. The molecule has 0 aliphatic carbocycles. The minimum absolute atomic E-state index is 0.846. The number of aromatic nitrogens is 5. The Morgan fingerprint density at radius 2 is 1.79 bits per heavy atom. The Hall–Kier alpha value is -2.97. The maximum Gasteiger partial charge on any atom is 0.191 e. The second kappa shape index (κ2) is 9.89. The third kappa shape index (κ3) is 5.02. The van der Waals surface area contributed by atoms with E-state index in [0.29, 0.717) is 0 Å². The van der Waals surface area contributed by atoms with Crippen molar-refractivity contribution in [1.29, 1.82) is 0 Å². The highest BCUT2D eigenvalue weighted by Gasteiger charge is 2.16. The van der Waals surface area contributed by atoms with Crippen molar-refractivity contribution in [2.24, 2.45) is 7.05 Å². The minimum Gasteiger partial charge on any atom is -0.361 e. The van der Waals surface area contributed by atoms with Gasteiger partial charge in [-0.3, -0.25) is 4.98 Å². The van der Waals surface area contributed by atoms with Gasteiger partial charge in [0.1, 0.15) is 11.5 Å². The van der Waals surface area contributed by atoms with Crippen LogP contribution in [-0.2, 0) is 19.9 Å². The maximum atomic E-state index is 5.25.